The number of hydrazone groups is 1. The average Bonchev–Trinajstić information content (AvgIpc) is 2.56. The fraction of sp³-hybridized carbons (Fsp3) is 0.375. The highest BCUT2D eigenvalue weighted by Gasteiger charge is 2.27. The molecule has 3 N–H and O–H groups in total. The van der Waals surface area contributed by atoms with Crippen LogP contribution in [-0.4, -0.2) is 16.8 Å². The Morgan fingerprint density at radius 3 is 2.50 bits per heavy atom. The number of amidine groups is 1. The third kappa shape index (κ3) is 3.16. The van der Waals surface area contributed by atoms with Gasteiger partial charge in [-0.05, 0) is 25.0 Å². The fourth-order valence-corrected chi connectivity index (χ4v) is 3.12. The lowest BCUT2D eigenvalue weighted by Gasteiger charge is -2.26. The van der Waals surface area contributed by atoms with Crippen molar-refractivity contribution in [3.63, 3.8) is 0 Å². The van der Waals surface area contributed by atoms with E-state index < -0.39 is 0 Å². The molecular formula is C16H18BrN3O2. The monoisotopic (exact) mass is 363 g/mol. The number of carbonyl (C=O) groups excluding carboxylic acids is 1. The molecule has 0 bridgehead atoms. The molecule has 0 atom stereocenters. The van der Waals surface area contributed by atoms with E-state index in [0.717, 1.165) is 17.3 Å². The molecule has 1 aliphatic carbocycles. The molecular weight excluding hydrogens is 346 g/mol. The summed E-state index contributed by atoms with van der Waals surface area (Å²) < 4.78 is 0.910. The van der Waals surface area contributed by atoms with Crippen molar-refractivity contribution in [1.82, 2.24) is 10.7 Å². The fourth-order valence-electron chi connectivity index (χ4n) is 2.86. The molecule has 1 aliphatic heterocycles. The van der Waals surface area contributed by atoms with Crippen LogP contribution in [0.2, 0.25) is 0 Å². The summed E-state index contributed by atoms with van der Waals surface area (Å²) in [7, 11) is 0. The molecule has 5 nitrogen and oxygen atoms in total. The Morgan fingerprint density at radius 2 is 1.86 bits per heavy atom. The maximum Gasteiger partial charge on any atom is 0.278 e. The minimum Gasteiger partial charge on any atom is -0.505 e. The van der Waals surface area contributed by atoms with E-state index in [1.54, 1.807) is 12.1 Å². The highest BCUT2D eigenvalue weighted by Crippen LogP contribution is 2.25. The lowest BCUT2D eigenvalue weighted by atomic mass is 9.88. The number of aliphatic hydroxyl groups excluding tert-OH is 1. The number of benzene rings is 1. The second kappa shape index (κ2) is 6.52. The van der Waals surface area contributed by atoms with E-state index >= 15 is 0 Å². The first-order valence-corrected chi connectivity index (χ1v) is 8.28. The van der Waals surface area contributed by atoms with Crippen LogP contribution < -0.4 is 10.7 Å². The van der Waals surface area contributed by atoms with Gasteiger partial charge in [0, 0.05) is 16.0 Å². The molecule has 0 unspecified atom stereocenters. The summed E-state index contributed by atoms with van der Waals surface area (Å²) in [5.41, 5.74) is 3.37. The van der Waals surface area contributed by atoms with Crippen molar-refractivity contribution >= 4 is 33.4 Å². The lowest BCUT2D eigenvalue weighted by Crippen LogP contribution is -2.45. The van der Waals surface area contributed by atoms with Crippen LogP contribution in [-0.2, 0) is 4.79 Å². The van der Waals surface area contributed by atoms with E-state index in [2.05, 4.69) is 31.8 Å². The van der Waals surface area contributed by atoms with Crippen molar-refractivity contribution in [3.8, 4) is 0 Å². The van der Waals surface area contributed by atoms with Crippen molar-refractivity contribution in [1.29, 1.82) is 0 Å². The molecule has 22 heavy (non-hydrogen) atoms. The first kappa shape index (κ1) is 15.1. The summed E-state index contributed by atoms with van der Waals surface area (Å²) in [6.07, 6.45) is 5.70. The number of nitrogens with one attached hydrogen (secondary N) is 2. The summed E-state index contributed by atoms with van der Waals surface area (Å²) in [4.78, 5) is 12.2. The zero-order valence-corrected chi connectivity index (χ0v) is 13.7. The van der Waals surface area contributed by atoms with E-state index in [0.29, 0.717) is 17.3 Å². The number of carbonyl (C=O) groups is 1. The van der Waals surface area contributed by atoms with Crippen LogP contribution in [0.15, 0.2) is 39.5 Å². The van der Waals surface area contributed by atoms with E-state index in [1.807, 2.05) is 12.1 Å². The topological polar surface area (TPSA) is 73.7 Å². The van der Waals surface area contributed by atoms with Crippen molar-refractivity contribution in [3.05, 3.63) is 40.0 Å². The molecule has 116 valence electrons. The molecule has 0 aromatic heterocycles. The number of rotatable bonds is 2. The molecule has 6 heteroatoms. The number of aliphatic hydroxyl groups is 1. The molecule has 0 radical (unpaired) electrons. The summed E-state index contributed by atoms with van der Waals surface area (Å²) in [6.45, 7) is 0. The van der Waals surface area contributed by atoms with E-state index in [1.165, 1.54) is 19.3 Å². The van der Waals surface area contributed by atoms with Crippen LogP contribution in [0, 0.1) is 5.92 Å². The molecule has 1 saturated carbocycles. The molecule has 1 fully saturated rings. The summed E-state index contributed by atoms with van der Waals surface area (Å²) in [6, 6.07) is 7.09. The molecule has 1 amide bonds. The normalized spacial score (nSPS) is 21.7. The Labute approximate surface area is 137 Å². The second-order valence-electron chi connectivity index (χ2n) is 5.63. The third-order valence-corrected chi connectivity index (χ3v) is 4.63. The SMILES string of the molecule is O=C1NC(C2CCCCC2)=NN/C1=C(\O)c1ccc(Br)cc1. The Morgan fingerprint density at radius 1 is 1.18 bits per heavy atom. The number of halogens is 1. The van der Waals surface area contributed by atoms with Gasteiger partial charge >= 0.3 is 0 Å². The smallest absolute Gasteiger partial charge is 0.278 e. The minimum atomic E-state index is -0.337. The quantitative estimate of drug-likeness (QED) is 0.557. The van der Waals surface area contributed by atoms with Crippen molar-refractivity contribution in [2.75, 3.05) is 0 Å². The second-order valence-corrected chi connectivity index (χ2v) is 6.54. The molecule has 1 heterocycles. The molecule has 0 spiro atoms. The van der Waals surface area contributed by atoms with E-state index in [9.17, 15) is 9.90 Å². The first-order valence-electron chi connectivity index (χ1n) is 7.49. The predicted octanol–water partition coefficient (Wildman–Crippen LogP) is 3.29. The maximum absolute atomic E-state index is 12.2. The van der Waals surface area contributed by atoms with Crippen LogP contribution in [0.5, 0.6) is 0 Å². The van der Waals surface area contributed by atoms with Gasteiger partial charge in [0.25, 0.3) is 5.91 Å². The highest BCUT2D eigenvalue weighted by molar-refractivity contribution is 9.10. The van der Waals surface area contributed by atoms with Crippen molar-refractivity contribution in [2.45, 2.75) is 32.1 Å². The van der Waals surface area contributed by atoms with Gasteiger partial charge in [0.1, 0.15) is 5.84 Å². The number of hydrogen-bond donors (Lipinski definition) is 3. The van der Waals surface area contributed by atoms with Gasteiger partial charge < -0.3 is 10.4 Å². The van der Waals surface area contributed by atoms with Crippen LogP contribution in [0.25, 0.3) is 5.76 Å². The Hall–Kier alpha value is -1.82. The Bertz CT molecular complexity index is 631. The Balaban J connectivity index is 1.81. The third-order valence-electron chi connectivity index (χ3n) is 4.10. The van der Waals surface area contributed by atoms with Crippen LogP contribution >= 0.6 is 15.9 Å². The summed E-state index contributed by atoms with van der Waals surface area (Å²) in [5, 5.41) is 17.4. The van der Waals surface area contributed by atoms with Gasteiger partial charge in [0.05, 0.1) is 0 Å². The number of amides is 1. The van der Waals surface area contributed by atoms with Crippen molar-refractivity contribution < 1.29 is 9.90 Å². The molecule has 3 rings (SSSR count). The largest absolute Gasteiger partial charge is 0.505 e. The average molecular weight is 364 g/mol. The summed E-state index contributed by atoms with van der Waals surface area (Å²) >= 11 is 3.34. The van der Waals surface area contributed by atoms with Gasteiger partial charge in [-0.15, -0.1) is 0 Å². The Kier molecular flexibility index (Phi) is 4.47. The van der Waals surface area contributed by atoms with Gasteiger partial charge in [-0.25, -0.2) is 0 Å². The van der Waals surface area contributed by atoms with Gasteiger partial charge in [-0.1, -0.05) is 47.3 Å². The van der Waals surface area contributed by atoms with Crippen LogP contribution in [0.1, 0.15) is 37.7 Å². The van der Waals surface area contributed by atoms with Gasteiger partial charge in [0.15, 0.2) is 11.5 Å². The minimum absolute atomic E-state index is 0.0851. The van der Waals surface area contributed by atoms with Crippen LogP contribution in [0.4, 0.5) is 0 Å². The van der Waals surface area contributed by atoms with Gasteiger partial charge in [-0.2, -0.15) is 5.10 Å². The highest BCUT2D eigenvalue weighted by atomic mass is 79.9. The van der Waals surface area contributed by atoms with Crippen molar-refractivity contribution in [2.24, 2.45) is 11.0 Å². The molecule has 1 aromatic rings. The van der Waals surface area contributed by atoms with Crippen LogP contribution in [0.3, 0.4) is 0 Å². The summed E-state index contributed by atoms with van der Waals surface area (Å²) in [5.74, 6) is 0.561. The molecule has 2 aliphatic rings. The molecule has 0 saturated heterocycles. The predicted molar refractivity (Wildman–Crippen MR) is 89.0 cm³/mol. The number of hydrogen-bond acceptors (Lipinski definition) is 4. The van der Waals surface area contributed by atoms with Gasteiger partial charge in [0.2, 0.25) is 0 Å². The number of nitrogens with zero attached hydrogens (tertiary/aromatic N) is 1. The maximum atomic E-state index is 12.2. The van der Waals surface area contributed by atoms with E-state index in [4.69, 9.17) is 0 Å². The standard InChI is InChI=1S/C16H18BrN3O2/c17-12-8-6-10(7-9-12)14(21)13-16(22)18-15(20-19-13)11-4-2-1-3-5-11/h6-9,11,19,21H,1-5H2,(H,18,20,22)/b14-13-. The van der Waals surface area contributed by atoms with E-state index in [-0.39, 0.29) is 17.4 Å². The van der Waals surface area contributed by atoms with Gasteiger partial charge in [-0.3, -0.25) is 10.2 Å². The zero-order valence-electron chi connectivity index (χ0n) is 12.1. The molecule has 1 aromatic carbocycles. The zero-order chi connectivity index (χ0) is 15.5. The lowest BCUT2D eigenvalue weighted by molar-refractivity contribution is -0.116. The first-order chi connectivity index (χ1) is 10.6.